The number of anilines is 1. The first-order valence-corrected chi connectivity index (χ1v) is 9.26. The van der Waals surface area contributed by atoms with Crippen molar-refractivity contribution < 1.29 is 18.0 Å². The van der Waals surface area contributed by atoms with Crippen LogP contribution in [0.3, 0.4) is 0 Å². The van der Waals surface area contributed by atoms with Crippen molar-refractivity contribution in [3.63, 3.8) is 0 Å². The van der Waals surface area contributed by atoms with Gasteiger partial charge in [0.2, 0.25) is 11.9 Å². The van der Waals surface area contributed by atoms with Gasteiger partial charge in [0.15, 0.2) is 0 Å². The van der Waals surface area contributed by atoms with Crippen LogP contribution in [0.1, 0.15) is 42.1 Å². The third-order valence-corrected chi connectivity index (χ3v) is 4.83. The first kappa shape index (κ1) is 19.4. The second-order valence-corrected chi connectivity index (χ2v) is 7.14. The van der Waals surface area contributed by atoms with Crippen LogP contribution in [0.2, 0.25) is 5.02 Å². The first-order valence-electron chi connectivity index (χ1n) is 8.88. The Balaban J connectivity index is 1.43. The normalized spacial score (nSPS) is 13.8. The molecular weight excluding hydrogens is 409 g/mol. The Kier molecular flexibility index (Phi) is 5.27. The number of hydrogen-bond acceptors (Lipinski definition) is 4. The summed E-state index contributed by atoms with van der Waals surface area (Å²) in [5, 5.41) is 10.4. The van der Waals surface area contributed by atoms with Crippen LogP contribution in [0.4, 0.5) is 19.1 Å². The van der Waals surface area contributed by atoms with Crippen molar-refractivity contribution in [3.05, 3.63) is 58.4 Å². The van der Waals surface area contributed by atoms with E-state index in [1.165, 1.54) is 27.8 Å². The maximum Gasteiger partial charge on any atom is 0.283 e. The van der Waals surface area contributed by atoms with Gasteiger partial charge in [0.25, 0.3) is 6.43 Å². The van der Waals surface area contributed by atoms with E-state index in [4.69, 9.17) is 11.6 Å². The minimum atomic E-state index is -2.82. The predicted octanol–water partition coefficient (Wildman–Crippen LogP) is 3.77. The predicted molar refractivity (Wildman–Crippen MR) is 98.3 cm³/mol. The molecule has 0 unspecified atom stereocenters. The summed E-state index contributed by atoms with van der Waals surface area (Å²) in [4.78, 5) is 16.3. The van der Waals surface area contributed by atoms with E-state index in [-0.39, 0.29) is 35.8 Å². The fourth-order valence-corrected chi connectivity index (χ4v) is 3.40. The van der Waals surface area contributed by atoms with Gasteiger partial charge in [-0.25, -0.2) is 22.8 Å². The molecule has 0 spiro atoms. The Bertz CT molecular complexity index is 1050. The molecule has 1 N–H and O–H groups in total. The maximum absolute atomic E-state index is 13.3. The van der Waals surface area contributed by atoms with E-state index in [0.717, 1.165) is 12.8 Å². The van der Waals surface area contributed by atoms with E-state index in [1.54, 1.807) is 12.1 Å². The second kappa shape index (κ2) is 7.86. The number of carbonyl (C=O) groups is 1. The molecule has 1 aliphatic rings. The summed E-state index contributed by atoms with van der Waals surface area (Å²) >= 11 is 6.04. The van der Waals surface area contributed by atoms with Gasteiger partial charge in [-0.15, -0.1) is 5.10 Å². The summed E-state index contributed by atoms with van der Waals surface area (Å²) in [6, 6.07) is 6.05. The van der Waals surface area contributed by atoms with Crippen molar-refractivity contribution in [1.82, 2.24) is 24.5 Å². The zero-order valence-corrected chi connectivity index (χ0v) is 15.8. The summed E-state index contributed by atoms with van der Waals surface area (Å²) in [6.45, 7) is -0.00428. The minimum absolute atomic E-state index is 0.0406. The summed E-state index contributed by atoms with van der Waals surface area (Å²) in [5.74, 6) is -0.787. The molecular formula is C18H16ClF3N6O. The van der Waals surface area contributed by atoms with Crippen LogP contribution in [0.15, 0.2) is 30.6 Å². The van der Waals surface area contributed by atoms with Gasteiger partial charge in [-0.05, 0) is 30.5 Å². The molecule has 1 aliphatic carbocycles. The van der Waals surface area contributed by atoms with Crippen molar-refractivity contribution in [1.29, 1.82) is 0 Å². The summed E-state index contributed by atoms with van der Waals surface area (Å²) in [6.07, 6.45) is 0.226. The molecule has 1 aromatic carbocycles. The molecule has 2 aromatic heterocycles. The Hall–Kier alpha value is -2.88. The van der Waals surface area contributed by atoms with Crippen LogP contribution < -0.4 is 5.32 Å². The lowest BCUT2D eigenvalue weighted by atomic mass is 10.2. The third-order valence-electron chi connectivity index (χ3n) is 4.44. The molecule has 4 rings (SSSR count). The lowest BCUT2D eigenvalue weighted by molar-refractivity contribution is -0.117. The van der Waals surface area contributed by atoms with Gasteiger partial charge in [0, 0.05) is 5.92 Å². The molecule has 0 aliphatic heterocycles. The fraction of sp³-hybridized carbons (Fsp3) is 0.333. The number of amides is 1. The molecule has 3 aromatic rings. The Morgan fingerprint density at radius 2 is 2.10 bits per heavy atom. The van der Waals surface area contributed by atoms with Gasteiger partial charge in [0.1, 0.15) is 24.4 Å². The fourth-order valence-electron chi connectivity index (χ4n) is 3.03. The van der Waals surface area contributed by atoms with Crippen LogP contribution in [0.25, 0.3) is 0 Å². The first-order chi connectivity index (χ1) is 13.9. The molecule has 0 bridgehead atoms. The van der Waals surface area contributed by atoms with Gasteiger partial charge in [-0.3, -0.25) is 14.8 Å². The quantitative estimate of drug-likeness (QED) is 0.626. The summed E-state index contributed by atoms with van der Waals surface area (Å²) in [5.41, 5.74) is 0.633. The highest BCUT2D eigenvalue weighted by Crippen LogP contribution is 2.45. The molecule has 0 atom stereocenters. The van der Waals surface area contributed by atoms with E-state index in [0.29, 0.717) is 11.3 Å². The Labute approximate surface area is 168 Å². The standard InChI is InChI=1S/C18H16ClF3N6O/c19-14-15(17(21)22)25-28(16(14)11-4-5-11)8-13(29)24-18-23-9-27(26-18)7-10-2-1-3-12(20)6-10/h1-3,6,9,11,17H,4-5,7-8H2,(H,24,26,29). The van der Waals surface area contributed by atoms with Crippen LogP contribution >= 0.6 is 11.6 Å². The number of rotatable bonds is 7. The van der Waals surface area contributed by atoms with Crippen molar-refractivity contribution in [2.75, 3.05) is 5.32 Å². The van der Waals surface area contributed by atoms with Gasteiger partial charge >= 0.3 is 0 Å². The number of alkyl halides is 2. The molecule has 152 valence electrons. The molecule has 1 amide bonds. The van der Waals surface area contributed by atoms with Gasteiger partial charge in [-0.1, -0.05) is 23.7 Å². The molecule has 1 fully saturated rings. The average molecular weight is 425 g/mol. The van der Waals surface area contributed by atoms with Crippen LogP contribution in [0.5, 0.6) is 0 Å². The largest absolute Gasteiger partial charge is 0.292 e. The number of benzene rings is 1. The van der Waals surface area contributed by atoms with E-state index in [2.05, 4.69) is 20.5 Å². The second-order valence-electron chi connectivity index (χ2n) is 6.76. The topological polar surface area (TPSA) is 77.6 Å². The van der Waals surface area contributed by atoms with Gasteiger partial charge < -0.3 is 0 Å². The van der Waals surface area contributed by atoms with Crippen molar-refractivity contribution >= 4 is 23.5 Å². The zero-order valence-electron chi connectivity index (χ0n) is 15.0. The van der Waals surface area contributed by atoms with E-state index in [1.807, 2.05) is 0 Å². The number of halogens is 4. The monoisotopic (exact) mass is 424 g/mol. The molecule has 7 nitrogen and oxygen atoms in total. The molecule has 0 saturated heterocycles. The van der Waals surface area contributed by atoms with E-state index < -0.39 is 18.0 Å². The zero-order chi connectivity index (χ0) is 20.5. The molecule has 29 heavy (non-hydrogen) atoms. The van der Waals surface area contributed by atoms with Crippen LogP contribution in [-0.2, 0) is 17.9 Å². The van der Waals surface area contributed by atoms with Gasteiger partial charge in [-0.2, -0.15) is 5.10 Å². The van der Waals surface area contributed by atoms with Crippen molar-refractivity contribution in [3.8, 4) is 0 Å². The average Bonchev–Trinajstić information content (AvgIpc) is 3.31. The third kappa shape index (κ3) is 4.42. The number of nitrogens with zero attached hydrogens (tertiary/aromatic N) is 5. The number of carbonyl (C=O) groups excluding carboxylic acids is 1. The van der Waals surface area contributed by atoms with E-state index in [9.17, 15) is 18.0 Å². The number of hydrogen-bond donors (Lipinski definition) is 1. The van der Waals surface area contributed by atoms with Crippen LogP contribution in [0, 0.1) is 5.82 Å². The Morgan fingerprint density at radius 1 is 1.31 bits per heavy atom. The van der Waals surface area contributed by atoms with Crippen molar-refractivity contribution in [2.45, 2.75) is 38.3 Å². The maximum atomic E-state index is 13.3. The highest BCUT2D eigenvalue weighted by atomic mass is 35.5. The smallest absolute Gasteiger partial charge is 0.283 e. The lowest BCUT2D eigenvalue weighted by Gasteiger charge is -2.06. The van der Waals surface area contributed by atoms with Crippen LogP contribution in [-0.4, -0.2) is 30.5 Å². The molecule has 2 heterocycles. The molecule has 0 radical (unpaired) electrons. The number of nitrogens with one attached hydrogen (secondary N) is 1. The lowest BCUT2D eigenvalue weighted by Crippen LogP contribution is -2.21. The minimum Gasteiger partial charge on any atom is -0.292 e. The SMILES string of the molecule is O=C(Cn1nc(C(F)F)c(Cl)c1C1CC1)Nc1ncn(Cc2cccc(F)c2)n1. The van der Waals surface area contributed by atoms with Gasteiger partial charge in [0.05, 0.1) is 17.3 Å². The summed E-state index contributed by atoms with van der Waals surface area (Å²) < 4.78 is 42.1. The number of aromatic nitrogens is 5. The van der Waals surface area contributed by atoms with Crippen molar-refractivity contribution in [2.24, 2.45) is 0 Å². The highest BCUT2D eigenvalue weighted by molar-refractivity contribution is 6.32. The van der Waals surface area contributed by atoms with E-state index >= 15 is 0 Å². The molecule has 11 heteroatoms. The highest BCUT2D eigenvalue weighted by Gasteiger charge is 2.34. The molecule has 1 saturated carbocycles. The summed E-state index contributed by atoms with van der Waals surface area (Å²) in [7, 11) is 0. The Morgan fingerprint density at radius 3 is 2.79 bits per heavy atom.